The minimum atomic E-state index is -3.38. The normalized spacial score (nSPS) is 12.3. The lowest BCUT2D eigenvalue weighted by Gasteiger charge is -2.18. The minimum absolute atomic E-state index is 0.0165. The molecule has 0 fully saturated rings. The second-order valence-corrected chi connectivity index (χ2v) is 8.19. The second-order valence-electron chi connectivity index (χ2n) is 5.93. The van der Waals surface area contributed by atoms with Crippen molar-refractivity contribution in [2.45, 2.75) is 12.5 Å². The average molecular weight is 396 g/mol. The standard InChI is InChI=1S/C18H18F2N2O4S/c1-27(25,26)10-9-16(22-17(23)12-5-3-2-4-6-12)18(24)21-13-7-8-14(19)15(20)11-13/h2-8,11,16H,9-10H2,1H3,(H,21,24)(H,22,23)/t16-/m0/s1. The SMILES string of the molecule is CS(=O)(=O)CC[C@H](NC(=O)c1ccccc1)C(=O)Nc1ccc(F)c(F)c1. The van der Waals surface area contributed by atoms with Crippen LogP contribution in [0.25, 0.3) is 0 Å². The summed E-state index contributed by atoms with van der Waals surface area (Å²) in [4.78, 5) is 24.7. The first-order chi connectivity index (χ1) is 12.7. The maximum Gasteiger partial charge on any atom is 0.251 e. The number of hydrogen-bond acceptors (Lipinski definition) is 4. The van der Waals surface area contributed by atoms with E-state index in [4.69, 9.17) is 0 Å². The zero-order valence-electron chi connectivity index (χ0n) is 14.4. The molecule has 0 bridgehead atoms. The number of amides is 2. The van der Waals surface area contributed by atoms with Crippen LogP contribution in [0.3, 0.4) is 0 Å². The van der Waals surface area contributed by atoms with Gasteiger partial charge in [-0.2, -0.15) is 0 Å². The highest BCUT2D eigenvalue weighted by atomic mass is 32.2. The molecule has 0 radical (unpaired) electrons. The first-order valence-electron chi connectivity index (χ1n) is 7.95. The van der Waals surface area contributed by atoms with Gasteiger partial charge in [-0.25, -0.2) is 17.2 Å². The summed E-state index contributed by atoms with van der Waals surface area (Å²) in [5, 5.41) is 4.82. The van der Waals surface area contributed by atoms with Crippen molar-refractivity contribution in [3.05, 3.63) is 65.7 Å². The Morgan fingerprint density at radius 2 is 1.70 bits per heavy atom. The van der Waals surface area contributed by atoms with E-state index in [-0.39, 0.29) is 17.9 Å². The van der Waals surface area contributed by atoms with Gasteiger partial charge in [-0.05, 0) is 30.7 Å². The number of carbonyl (C=O) groups excluding carboxylic acids is 2. The van der Waals surface area contributed by atoms with Gasteiger partial charge in [0.1, 0.15) is 15.9 Å². The zero-order chi connectivity index (χ0) is 20.0. The number of hydrogen-bond donors (Lipinski definition) is 2. The van der Waals surface area contributed by atoms with E-state index in [1.54, 1.807) is 18.2 Å². The second kappa shape index (κ2) is 8.72. The Bertz CT molecular complexity index is 934. The summed E-state index contributed by atoms with van der Waals surface area (Å²) in [6, 6.07) is 9.69. The predicted molar refractivity (Wildman–Crippen MR) is 97.0 cm³/mol. The molecular weight excluding hydrogens is 378 g/mol. The van der Waals surface area contributed by atoms with Crippen LogP contribution in [0.1, 0.15) is 16.8 Å². The van der Waals surface area contributed by atoms with Crippen LogP contribution in [-0.4, -0.2) is 38.3 Å². The molecule has 6 nitrogen and oxygen atoms in total. The number of anilines is 1. The summed E-state index contributed by atoms with van der Waals surface area (Å²) in [7, 11) is -3.38. The lowest BCUT2D eigenvalue weighted by atomic mass is 10.1. The molecular formula is C18H18F2N2O4S. The Labute approximate surface area is 155 Å². The van der Waals surface area contributed by atoms with Gasteiger partial charge < -0.3 is 10.6 Å². The summed E-state index contributed by atoms with van der Waals surface area (Å²) >= 11 is 0. The smallest absolute Gasteiger partial charge is 0.251 e. The number of halogens is 2. The van der Waals surface area contributed by atoms with Gasteiger partial charge in [-0.3, -0.25) is 9.59 Å². The van der Waals surface area contributed by atoms with Gasteiger partial charge in [0, 0.05) is 23.6 Å². The highest BCUT2D eigenvalue weighted by Gasteiger charge is 2.23. The van der Waals surface area contributed by atoms with Crippen LogP contribution in [-0.2, 0) is 14.6 Å². The summed E-state index contributed by atoms with van der Waals surface area (Å²) in [5.41, 5.74) is 0.277. The molecule has 0 saturated heterocycles. The van der Waals surface area contributed by atoms with Gasteiger partial charge >= 0.3 is 0 Å². The number of nitrogens with one attached hydrogen (secondary N) is 2. The summed E-state index contributed by atoms with van der Waals surface area (Å²) < 4.78 is 49.1. The maximum atomic E-state index is 13.3. The van der Waals surface area contributed by atoms with E-state index in [0.717, 1.165) is 24.5 Å². The summed E-state index contributed by atoms with van der Waals surface area (Å²) in [6.07, 6.45) is 0.837. The van der Waals surface area contributed by atoms with Crippen molar-refractivity contribution in [3.63, 3.8) is 0 Å². The molecule has 0 spiro atoms. The van der Waals surface area contributed by atoms with Crippen LogP contribution in [0.2, 0.25) is 0 Å². The largest absolute Gasteiger partial charge is 0.340 e. The van der Waals surface area contributed by atoms with Crippen molar-refractivity contribution in [1.82, 2.24) is 5.32 Å². The fourth-order valence-electron chi connectivity index (χ4n) is 2.24. The summed E-state index contributed by atoms with van der Waals surface area (Å²) in [5.74, 6) is -3.85. The van der Waals surface area contributed by atoms with Gasteiger partial charge in [0.15, 0.2) is 11.6 Å². The molecule has 144 valence electrons. The van der Waals surface area contributed by atoms with Crippen LogP contribution in [0.4, 0.5) is 14.5 Å². The molecule has 1 atom stereocenters. The van der Waals surface area contributed by atoms with Gasteiger partial charge in [-0.15, -0.1) is 0 Å². The molecule has 27 heavy (non-hydrogen) atoms. The first kappa shape index (κ1) is 20.5. The Kier molecular flexibility index (Phi) is 6.62. The lowest BCUT2D eigenvalue weighted by Crippen LogP contribution is -2.44. The molecule has 0 aliphatic carbocycles. The third-order valence-electron chi connectivity index (χ3n) is 3.62. The molecule has 0 heterocycles. The maximum absolute atomic E-state index is 13.3. The molecule has 2 amide bonds. The molecule has 2 aromatic carbocycles. The molecule has 2 rings (SSSR count). The fraction of sp³-hybridized carbons (Fsp3) is 0.222. The molecule has 0 aromatic heterocycles. The van der Waals surface area contributed by atoms with Crippen molar-refractivity contribution >= 4 is 27.3 Å². The number of rotatable bonds is 7. The zero-order valence-corrected chi connectivity index (χ0v) is 15.2. The lowest BCUT2D eigenvalue weighted by molar-refractivity contribution is -0.118. The minimum Gasteiger partial charge on any atom is -0.340 e. The quantitative estimate of drug-likeness (QED) is 0.750. The predicted octanol–water partition coefficient (Wildman–Crippen LogP) is 2.14. The monoisotopic (exact) mass is 396 g/mol. The molecule has 0 unspecified atom stereocenters. The van der Waals surface area contributed by atoms with E-state index in [2.05, 4.69) is 10.6 Å². The van der Waals surface area contributed by atoms with Crippen molar-refractivity contribution < 1.29 is 26.8 Å². The third kappa shape index (κ3) is 6.45. The fourth-order valence-corrected chi connectivity index (χ4v) is 2.90. The molecule has 0 saturated carbocycles. The van der Waals surface area contributed by atoms with Gasteiger partial charge in [0.2, 0.25) is 5.91 Å². The van der Waals surface area contributed by atoms with Crippen molar-refractivity contribution in [2.24, 2.45) is 0 Å². The summed E-state index contributed by atoms with van der Waals surface area (Å²) in [6.45, 7) is 0. The van der Waals surface area contributed by atoms with Crippen LogP contribution < -0.4 is 10.6 Å². The van der Waals surface area contributed by atoms with Crippen LogP contribution in [0, 0.1) is 11.6 Å². The number of benzene rings is 2. The Balaban J connectivity index is 2.15. The van der Waals surface area contributed by atoms with E-state index < -0.39 is 39.3 Å². The van der Waals surface area contributed by atoms with Gasteiger partial charge in [0.05, 0.1) is 5.75 Å². The Morgan fingerprint density at radius 1 is 1.04 bits per heavy atom. The van der Waals surface area contributed by atoms with E-state index in [0.29, 0.717) is 5.56 Å². The third-order valence-corrected chi connectivity index (χ3v) is 4.60. The molecule has 2 aromatic rings. The first-order valence-corrected chi connectivity index (χ1v) is 10.0. The molecule has 0 aliphatic rings. The van der Waals surface area contributed by atoms with Crippen LogP contribution in [0.5, 0.6) is 0 Å². The number of sulfone groups is 1. The molecule has 0 aliphatic heterocycles. The highest BCUT2D eigenvalue weighted by Crippen LogP contribution is 2.14. The van der Waals surface area contributed by atoms with Crippen molar-refractivity contribution in [1.29, 1.82) is 0 Å². The highest BCUT2D eigenvalue weighted by molar-refractivity contribution is 7.90. The average Bonchev–Trinajstić information content (AvgIpc) is 2.61. The van der Waals surface area contributed by atoms with Gasteiger partial charge in [0.25, 0.3) is 5.91 Å². The topological polar surface area (TPSA) is 92.3 Å². The van der Waals surface area contributed by atoms with E-state index in [1.165, 1.54) is 12.1 Å². The molecule has 9 heteroatoms. The van der Waals surface area contributed by atoms with Crippen LogP contribution >= 0.6 is 0 Å². The molecule has 2 N–H and O–H groups in total. The Morgan fingerprint density at radius 3 is 2.30 bits per heavy atom. The van der Waals surface area contributed by atoms with Crippen molar-refractivity contribution in [3.8, 4) is 0 Å². The van der Waals surface area contributed by atoms with Gasteiger partial charge in [-0.1, -0.05) is 18.2 Å². The number of carbonyl (C=O) groups is 2. The van der Waals surface area contributed by atoms with E-state index in [9.17, 15) is 26.8 Å². The van der Waals surface area contributed by atoms with E-state index >= 15 is 0 Å². The van der Waals surface area contributed by atoms with E-state index in [1.807, 2.05) is 0 Å². The van der Waals surface area contributed by atoms with Crippen LogP contribution in [0.15, 0.2) is 48.5 Å². The Hall–Kier alpha value is -2.81. The van der Waals surface area contributed by atoms with Crippen molar-refractivity contribution in [2.75, 3.05) is 17.3 Å².